The monoisotopic (exact) mass is 428 g/mol. The number of methoxy groups -OCH3 is 1. The molecule has 0 aliphatic carbocycles. The molecule has 1 heterocycles. The molecule has 156 valence electrons. The molecule has 1 aromatic heterocycles. The largest absolute Gasteiger partial charge is 0.497 e. The smallest absolute Gasteiger partial charge is 0.264 e. The Hall–Kier alpha value is -3.66. The number of hydrogen-bond acceptors (Lipinski definition) is 7. The predicted molar refractivity (Wildman–Crippen MR) is 111 cm³/mol. The van der Waals surface area contributed by atoms with Gasteiger partial charge in [0.1, 0.15) is 11.5 Å². The summed E-state index contributed by atoms with van der Waals surface area (Å²) in [7, 11) is -2.31. The van der Waals surface area contributed by atoms with Crippen LogP contribution < -0.4 is 19.5 Å². The van der Waals surface area contributed by atoms with Crippen LogP contribution >= 0.6 is 0 Å². The zero-order valence-corrected chi connectivity index (χ0v) is 17.1. The van der Waals surface area contributed by atoms with E-state index in [1.807, 2.05) is 0 Å². The first-order valence-electron chi connectivity index (χ1n) is 8.85. The zero-order chi connectivity index (χ0) is 21.6. The summed E-state index contributed by atoms with van der Waals surface area (Å²) in [5.41, 5.74) is 1.07. The molecule has 0 saturated carbocycles. The van der Waals surface area contributed by atoms with Crippen LogP contribution in [-0.2, 0) is 14.8 Å². The van der Waals surface area contributed by atoms with E-state index in [1.165, 1.54) is 30.5 Å². The maximum absolute atomic E-state index is 12.4. The van der Waals surface area contributed by atoms with Gasteiger partial charge in [0.25, 0.3) is 15.9 Å². The molecule has 0 aliphatic rings. The van der Waals surface area contributed by atoms with Gasteiger partial charge in [-0.05, 0) is 49.4 Å². The van der Waals surface area contributed by atoms with Crippen molar-refractivity contribution in [1.29, 1.82) is 0 Å². The number of aryl methyl sites for hydroxylation is 1. The summed E-state index contributed by atoms with van der Waals surface area (Å²) in [4.78, 5) is 20.0. The lowest BCUT2D eigenvalue weighted by atomic mass is 10.3. The van der Waals surface area contributed by atoms with Gasteiger partial charge in [0, 0.05) is 23.6 Å². The van der Waals surface area contributed by atoms with Gasteiger partial charge in [-0.15, -0.1) is 0 Å². The third-order valence-corrected chi connectivity index (χ3v) is 5.22. The molecule has 3 rings (SSSR count). The van der Waals surface area contributed by atoms with Crippen molar-refractivity contribution in [3.05, 3.63) is 66.5 Å². The summed E-state index contributed by atoms with van der Waals surface area (Å²) in [6.07, 6.45) is 1.46. The topological polar surface area (TPSA) is 120 Å². The van der Waals surface area contributed by atoms with E-state index in [4.69, 9.17) is 9.47 Å². The first-order chi connectivity index (χ1) is 14.4. The minimum absolute atomic E-state index is 0.0120. The van der Waals surface area contributed by atoms with Crippen molar-refractivity contribution < 1.29 is 22.7 Å². The number of nitrogens with zero attached hydrogens (tertiary/aromatic N) is 2. The average molecular weight is 428 g/mol. The Balaban J connectivity index is 1.58. The van der Waals surface area contributed by atoms with Crippen molar-refractivity contribution in [3.63, 3.8) is 0 Å². The maximum atomic E-state index is 12.4. The number of benzene rings is 2. The number of sulfonamides is 1. The normalized spacial score (nSPS) is 10.9. The highest BCUT2D eigenvalue weighted by Crippen LogP contribution is 2.19. The van der Waals surface area contributed by atoms with E-state index in [0.29, 0.717) is 22.9 Å². The Morgan fingerprint density at radius 2 is 1.80 bits per heavy atom. The molecule has 3 aromatic rings. The van der Waals surface area contributed by atoms with Gasteiger partial charge in [-0.25, -0.2) is 23.1 Å². The van der Waals surface area contributed by atoms with Crippen molar-refractivity contribution in [2.24, 2.45) is 0 Å². The quantitative estimate of drug-likeness (QED) is 0.566. The van der Waals surface area contributed by atoms with Crippen LogP contribution in [0.25, 0.3) is 0 Å². The summed E-state index contributed by atoms with van der Waals surface area (Å²) in [5.74, 6) is 0.714. The Bertz CT molecular complexity index is 1130. The molecule has 0 atom stereocenters. The summed E-state index contributed by atoms with van der Waals surface area (Å²) in [5, 5.41) is 2.64. The molecule has 30 heavy (non-hydrogen) atoms. The van der Waals surface area contributed by atoms with Crippen molar-refractivity contribution >= 4 is 27.6 Å². The van der Waals surface area contributed by atoms with E-state index < -0.39 is 10.0 Å². The molecule has 0 unspecified atom stereocenters. The zero-order valence-electron chi connectivity index (χ0n) is 16.3. The average Bonchev–Trinajstić information content (AvgIpc) is 2.72. The van der Waals surface area contributed by atoms with Crippen LogP contribution in [0.2, 0.25) is 0 Å². The lowest BCUT2D eigenvalue weighted by Crippen LogP contribution is -2.20. The fraction of sp³-hybridized carbons (Fsp3) is 0.150. The van der Waals surface area contributed by atoms with Gasteiger partial charge in [-0.2, -0.15) is 0 Å². The number of anilines is 2. The highest BCUT2D eigenvalue weighted by atomic mass is 32.2. The van der Waals surface area contributed by atoms with E-state index >= 15 is 0 Å². The summed E-state index contributed by atoms with van der Waals surface area (Å²) in [6.45, 7) is 1.52. The molecule has 0 bridgehead atoms. The number of carbonyl (C=O) groups excluding carboxylic acids is 1. The Kier molecular flexibility index (Phi) is 6.48. The number of carbonyl (C=O) groups is 1. The van der Waals surface area contributed by atoms with Crippen LogP contribution in [0.4, 0.5) is 11.6 Å². The standard InChI is InChI=1S/C20H20N4O5S/c1-14-10-11-21-20(22-14)24-30(26,27)18-8-6-15(7-9-18)23-19(25)13-29-17-5-3-4-16(12-17)28-2/h3-12H,13H2,1-2H3,(H,23,25)(H,21,22,24). The summed E-state index contributed by atoms with van der Waals surface area (Å²) < 4.78 is 37.7. The van der Waals surface area contributed by atoms with E-state index in [2.05, 4.69) is 20.0 Å². The molecule has 1 amide bonds. The van der Waals surface area contributed by atoms with Gasteiger partial charge in [0.2, 0.25) is 5.95 Å². The first-order valence-corrected chi connectivity index (χ1v) is 10.3. The number of amides is 1. The number of ether oxygens (including phenoxy) is 2. The van der Waals surface area contributed by atoms with Gasteiger partial charge in [-0.3, -0.25) is 4.79 Å². The van der Waals surface area contributed by atoms with Crippen LogP contribution in [0.1, 0.15) is 5.69 Å². The molecule has 0 saturated heterocycles. The molecule has 0 fully saturated rings. The summed E-state index contributed by atoms with van der Waals surface area (Å²) in [6, 6.07) is 14.3. The molecular formula is C20H20N4O5S. The second kappa shape index (κ2) is 9.23. The van der Waals surface area contributed by atoms with Crippen LogP contribution in [0.3, 0.4) is 0 Å². The minimum Gasteiger partial charge on any atom is -0.497 e. The number of aromatic nitrogens is 2. The van der Waals surface area contributed by atoms with Gasteiger partial charge in [0.15, 0.2) is 6.61 Å². The van der Waals surface area contributed by atoms with Gasteiger partial charge in [-0.1, -0.05) is 6.07 Å². The SMILES string of the molecule is COc1cccc(OCC(=O)Nc2ccc(S(=O)(=O)Nc3nccc(C)n3)cc2)c1. The van der Waals surface area contributed by atoms with E-state index in [9.17, 15) is 13.2 Å². The molecule has 2 aromatic carbocycles. The molecule has 10 heteroatoms. The number of nitrogens with one attached hydrogen (secondary N) is 2. The molecule has 0 spiro atoms. The second-order valence-corrected chi connectivity index (χ2v) is 7.85. The predicted octanol–water partition coefficient (Wildman–Crippen LogP) is 2.61. The van der Waals surface area contributed by atoms with Crippen LogP contribution in [0, 0.1) is 6.92 Å². The fourth-order valence-corrected chi connectivity index (χ4v) is 3.38. The molecular weight excluding hydrogens is 408 g/mol. The first kappa shape index (κ1) is 21.1. The van der Waals surface area contributed by atoms with Gasteiger partial charge in [0.05, 0.1) is 12.0 Å². The van der Waals surface area contributed by atoms with Gasteiger partial charge >= 0.3 is 0 Å². The van der Waals surface area contributed by atoms with Crippen molar-refractivity contribution in [3.8, 4) is 11.5 Å². The molecule has 2 N–H and O–H groups in total. The molecule has 0 radical (unpaired) electrons. The molecule has 0 aliphatic heterocycles. The highest BCUT2D eigenvalue weighted by molar-refractivity contribution is 7.92. The third-order valence-electron chi connectivity index (χ3n) is 3.88. The highest BCUT2D eigenvalue weighted by Gasteiger charge is 2.16. The van der Waals surface area contributed by atoms with E-state index in [0.717, 1.165) is 0 Å². The van der Waals surface area contributed by atoms with Crippen molar-refractivity contribution in [2.75, 3.05) is 23.8 Å². The van der Waals surface area contributed by atoms with E-state index in [1.54, 1.807) is 44.4 Å². The van der Waals surface area contributed by atoms with Gasteiger partial charge < -0.3 is 14.8 Å². The third kappa shape index (κ3) is 5.67. The fourth-order valence-electron chi connectivity index (χ4n) is 2.43. The Labute approximate surface area is 174 Å². The second-order valence-electron chi connectivity index (χ2n) is 6.17. The number of rotatable bonds is 8. The summed E-state index contributed by atoms with van der Waals surface area (Å²) >= 11 is 0. The van der Waals surface area contributed by atoms with Crippen molar-refractivity contribution in [1.82, 2.24) is 9.97 Å². The van der Waals surface area contributed by atoms with Crippen LogP contribution in [0.5, 0.6) is 11.5 Å². The lowest BCUT2D eigenvalue weighted by molar-refractivity contribution is -0.118. The maximum Gasteiger partial charge on any atom is 0.264 e. The Morgan fingerprint density at radius 3 is 2.50 bits per heavy atom. The lowest BCUT2D eigenvalue weighted by Gasteiger charge is -2.10. The van der Waals surface area contributed by atoms with E-state index in [-0.39, 0.29) is 23.4 Å². The molecule has 9 nitrogen and oxygen atoms in total. The van der Waals surface area contributed by atoms with Crippen molar-refractivity contribution in [2.45, 2.75) is 11.8 Å². The number of hydrogen-bond donors (Lipinski definition) is 2. The van der Waals surface area contributed by atoms with Crippen LogP contribution in [-0.4, -0.2) is 38.0 Å². The Morgan fingerprint density at radius 1 is 1.07 bits per heavy atom. The minimum atomic E-state index is -3.85. The van der Waals surface area contributed by atoms with Crippen LogP contribution in [0.15, 0.2) is 65.7 Å².